The Morgan fingerprint density at radius 3 is 2.50 bits per heavy atom. The van der Waals surface area contributed by atoms with E-state index in [1.807, 2.05) is 54.6 Å². The van der Waals surface area contributed by atoms with Crippen LogP contribution in [0.3, 0.4) is 0 Å². The second-order valence-electron chi connectivity index (χ2n) is 3.89. The normalized spacial score (nSPS) is 10.5. The third-order valence-corrected chi connectivity index (χ3v) is 3.19. The van der Waals surface area contributed by atoms with Crippen molar-refractivity contribution in [1.29, 1.82) is 0 Å². The van der Waals surface area contributed by atoms with Crippen LogP contribution in [0.5, 0.6) is 11.6 Å². The first-order valence-electron chi connectivity index (χ1n) is 5.60. The first-order valence-corrected chi connectivity index (χ1v) is 6.39. The molecule has 18 heavy (non-hydrogen) atoms. The smallest absolute Gasteiger partial charge is 0.227 e. The highest BCUT2D eigenvalue weighted by Gasteiger charge is 2.04. The number of hydrogen-bond donors (Lipinski definition) is 0. The number of pyridine rings is 1. The van der Waals surface area contributed by atoms with Gasteiger partial charge in [0.1, 0.15) is 5.75 Å². The van der Waals surface area contributed by atoms with Gasteiger partial charge in [0.05, 0.1) is 0 Å². The summed E-state index contributed by atoms with van der Waals surface area (Å²) in [6.07, 6.45) is 1.76. The Kier molecular flexibility index (Phi) is 2.99. The molecule has 0 bridgehead atoms. The van der Waals surface area contributed by atoms with Gasteiger partial charge in [0, 0.05) is 16.1 Å². The zero-order valence-corrected chi connectivity index (χ0v) is 11.1. The molecule has 0 saturated heterocycles. The van der Waals surface area contributed by atoms with Crippen LogP contribution in [0.15, 0.2) is 65.3 Å². The summed E-state index contributed by atoms with van der Waals surface area (Å²) in [7, 11) is 0. The molecule has 0 unspecified atom stereocenters. The minimum absolute atomic E-state index is 0.635. The van der Waals surface area contributed by atoms with Crippen LogP contribution in [0.1, 0.15) is 0 Å². The number of aromatic nitrogens is 1. The number of ether oxygens (including phenoxy) is 1. The lowest BCUT2D eigenvalue weighted by Crippen LogP contribution is -1.88. The number of nitrogens with zero attached hydrogens (tertiary/aromatic N) is 1. The summed E-state index contributed by atoms with van der Waals surface area (Å²) in [6, 6.07) is 17.7. The third kappa shape index (κ3) is 2.22. The number of rotatable bonds is 2. The van der Waals surface area contributed by atoms with E-state index < -0.39 is 0 Å². The van der Waals surface area contributed by atoms with Crippen LogP contribution >= 0.6 is 15.9 Å². The van der Waals surface area contributed by atoms with E-state index >= 15 is 0 Å². The minimum atomic E-state index is 0.635. The summed E-state index contributed by atoms with van der Waals surface area (Å²) in [5.74, 6) is 1.41. The Morgan fingerprint density at radius 2 is 1.67 bits per heavy atom. The van der Waals surface area contributed by atoms with E-state index in [0.717, 1.165) is 21.0 Å². The van der Waals surface area contributed by atoms with Gasteiger partial charge in [-0.15, -0.1) is 0 Å². The van der Waals surface area contributed by atoms with Crippen molar-refractivity contribution in [3.05, 3.63) is 65.3 Å². The molecule has 0 aliphatic rings. The Balaban J connectivity index is 2.02. The van der Waals surface area contributed by atoms with Crippen LogP contribution in [-0.4, -0.2) is 4.98 Å². The fourth-order valence-electron chi connectivity index (χ4n) is 1.79. The average Bonchev–Trinajstić information content (AvgIpc) is 2.42. The standard InChI is InChI=1S/C15H10BrNO/c16-12-5-7-13(8-6-12)18-15-14-4-2-1-3-11(14)9-10-17-15/h1-10H. The molecule has 1 heterocycles. The Labute approximate surface area is 113 Å². The minimum Gasteiger partial charge on any atom is -0.438 e. The average molecular weight is 300 g/mol. The molecule has 88 valence electrons. The second-order valence-corrected chi connectivity index (χ2v) is 4.81. The number of fused-ring (bicyclic) bond motifs is 1. The van der Waals surface area contributed by atoms with Crippen molar-refractivity contribution in [1.82, 2.24) is 4.98 Å². The monoisotopic (exact) mass is 299 g/mol. The fraction of sp³-hybridized carbons (Fsp3) is 0. The molecular weight excluding hydrogens is 290 g/mol. The Bertz CT molecular complexity index is 674. The highest BCUT2D eigenvalue weighted by Crippen LogP contribution is 2.27. The second kappa shape index (κ2) is 4.78. The summed E-state index contributed by atoms with van der Waals surface area (Å²) < 4.78 is 6.84. The molecule has 0 saturated carbocycles. The molecule has 0 amide bonds. The van der Waals surface area contributed by atoms with Gasteiger partial charge in [0.2, 0.25) is 5.88 Å². The molecule has 2 nitrogen and oxygen atoms in total. The topological polar surface area (TPSA) is 22.1 Å². The molecule has 3 rings (SSSR count). The van der Waals surface area contributed by atoms with Crippen molar-refractivity contribution in [2.75, 3.05) is 0 Å². The summed E-state index contributed by atoms with van der Waals surface area (Å²) in [4.78, 5) is 4.29. The number of halogens is 1. The van der Waals surface area contributed by atoms with Gasteiger partial charge < -0.3 is 4.74 Å². The molecular formula is C15H10BrNO. The van der Waals surface area contributed by atoms with Gasteiger partial charge in [-0.2, -0.15) is 0 Å². The summed E-state index contributed by atoms with van der Waals surface area (Å²) in [5, 5.41) is 2.14. The van der Waals surface area contributed by atoms with Crippen LogP contribution in [0, 0.1) is 0 Å². The van der Waals surface area contributed by atoms with Gasteiger partial charge in [0.15, 0.2) is 0 Å². The van der Waals surface area contributed by atoms with Crippen LogP contribution in [0.4, 0.5) is 0 Å². The maximum atomic E-state index is 5.81. The van der Waals surface area contributed by atoms with Gasteiger partial charge in [-0.25, -0.2) is 4.98 Å². The summed E-state index contributed by atoms with van der Waals surface area (Å²) >= 11 is 3.40. The largest absolute Gasteiger partial charge is 0.438 e. The van der Waals surface area contributed by atoms with E-state index in [4.69, 9.17) is 4.74 Å². The summed E-state index contributed by atoms with van der Waals surface area (Å²) in [6.45, 7) is 0. The van der Waals surface area contributed by atoms with Crippen molar-refractivity contribution in [3.8, 4) is 11.6 Å². The molecule has 0 spiro atoms. The van der Waals surface area contributed by atoms with E-state index in [-0.39, 0.29) is 0 Å². The Hall–Kier alpha value is -1.87. The van der Waals surface area contributed by atoms with Crippen LogP contribution < -0.4 is 4.74 Å². The van der Waals surface area contributed by atoms with Crippen molar-refractivity contribution in [2.24, 2.45) is 0 Å². The van der Waals surface area contributed by atoms with E-state index in [1.165, 1.54) is 0 Å². The fourth-order valence-corrected chi connectivity index (χ4v) is 2.05. The highest BCUT2D eigenvalue weighted by molar-refractivity contribution is 9.10. The molecule has 0 radical (unpaired) electrons. The van der Waals surface area contributed by atoms with Crippen molar-refractivity contribution < 1.29 is 4.74 Å². The predicted octanol–water partition coefficient (Wildman–Crippen LogP) is 4.79. The van der Waals surface area contributed by atoms with Gasteiger partial charge in [-0.05, 0) is 41.8 Å². The van der Waals surface area contributed by atoms with Gasteiger partial charge in [0.25, 0.3) is 0 Å². The number of hydrogen-bond acceptors (Lipinski definition) is 2. The molecule has 0 aliphatic heterocycles. The van der Waals surface area contributed by atoms with Crippen LogP contribution in [0.25, 0.3) is 10.8 Å². The van der Waals surface area contributed by atoms with Crippen molar-refractivity contribution in [2.45, 2.75) is 0 Å². The SMILES string of the molecule is Brc1ccc(Oc2nccc3ccccc23)cc1. The maximum Gasteiger partial charge on any atom is 0.227 e. The third-order valence-electron chi connectivity index (χ3n) is 2.67. The van der Waals surface area contributed by atoms with E-state index in [9.17, 15) is 0 Å². The molecule has 0 aliphatic carbocycles. The lowest BCUT2D eigenvalue weighted by Gasteiger charge is -2.07. The lowest BCUT2D eigenvalue weighted by atomic mass is 10.2. The number of benzene rings is 2. The lowest BCUT2D eigenvalue weighted by molar-refractivity contribution is 0.469. The molecule has 3 aromatic rings. The maximum absolute atomic E-state index is 5.81. The van der Waals surface area contributed by atoms with Gasteiger partial charge >= 0.3 is 0 Å². The first-order chi connectivity index (χ1) is 8.83. The van der Waals surface area contributed by atoms with E-state index in [1.54, 1.807) is 6.20 Å². The highest BCUT2D eigenvalue weighted by atomic mass is 79.9. The van der Waals surface area contributed by atoms with Crippen LogP contribution in [-0.2, 0) is 0 Å². The van der Waals surface area contributed by atoms with E-state index in [0.29, 0.717) is 5.88 Å². The molecule has 0 fully saturated rings. The van der Waals surface area contributed by atoms with Crippen molar-refractivity contribution >= 4 is 26.7 Å². The summed E-state index contributed by atoms with van der Waals surface area (Å²) in [5.41, 5.74) is 0. The molecule has 2 aromatic carbocycles. The van der Waals surface area contributed by atoms with Crippen LogP contribution in [0.2, 0.25) is 0 Å². The zero-order valence-electron chi connectivity index (χ0n) is 9.51. The Morgan fingerprint density at radius 1 is 0.889 bits per heavy atom. The molecule has 0 N–H and O–H groups in total. The molecule has 1 aromatic heterocycles. The molecule has 0 atom stereocenters. The zero-order chi connectivity index (χ0) is 12.4. The van der Waals surface area contributed by atoms with Crippen molar-refractivity contribution in [3.63, 3.8) is 0 Å². The quantitative estimate of drug-likeness (QED) is 0.679. The van der Waals surface area contributed by atoms with Gasteiger partial charge in [-0.3, -0.25) is 0 Å². The van der Waals surface area contributed by atoms with Gasteiger partial charge in [-0.1, -0.05) is 34.1 Å². The predicted molar refractivity (Wildman–Crippen MR) is 76.0 cm³/mol. The first kappa shape index (κ1) is 11.2. The molecule has 3 heteroatoms. The van der Waals surface area contributed by atoms with E-state index in [2.05, 4.69) is 20.9 Å².